The van der Waals surface area contributed by atoms with E-state index in [1.54, 1.807) is 32.0 Å². The molecule has 0 radical (unpaired) electrons. The van der Waals surface area contributed by atoms with Gasteiger partial charge in [0.05, 0.1) is 5.02 Å². The van der Waals surface area contributed by atoms with Crippen LogP contribution in [0, 0.1) is 0 Å². The fourth-order valence-corrected chi connectivity index (χ4v) is 3.78. The van der Waals surface area contributed by atoms with E-state index in [2.05, 4.69) is 10.3 Å². The second kappa shape index (κ2) is 4.71. The van der Waals surface area contributed by atoms with Crippen molar-refractivity contribution in [1.82, 2.24) is 5.16 Å². The number of halogens is 1. The second-order valence-electron chi connectivity index (χ2n) is 5.52. The Morgan fingerprint density at radius 2 is 2.14 bits per heavy atom. The maximum atomic E-state index is 12.4. The normalized spacial score (nSPS) is 17.8. The molecule has 2 heterocycles. The first kappa shape index (κ1) is 14.3. The van der Waals surface area contributed by atoms with Gasteiger partial charge < -0.3 is 9.36 Å². The lowest BCUT2D eigenvalue weighted by atomic mass is 10.1. The highest BCUT2D eigenvalue weighted by Gasteiger charge is 2.36. The van der Waals surface area contributed by atoms with Crippen molar-refractivity contribution < 1.29 is 17.8 Å². The molecule has 0 unspecified atom stereocenters. The lowest BCUT2D eigenvalue weighted by Gasteiger charge is -2.13. The molecule has 0 saturated heterocycles. The van der Waals surface area contributed by atoms with Gasteiger partial charge in [-0.2, -0.15) is 0 Å². The maximum Gasteiger partial charge on any atom is 0.200 e. The summed E-state index contributed by atoms with van der Waals surface area (Å²) in [7, 11) is -3.60. The number of aromatic nitrogens is 1. The number of rotatable bonds is 2. The summed E-state index contributed by atoms with van der Waals surface area (Å²) in [6.45, 7) is 3.56. The molecule has 21 heavy (non-hydrogen) atoms. The third-order valence-electron chi connectivity index (χ3n) is 3.18. The summed E-state index contributed by atoms with van der Waals surface area (Å²) in [6.07, 6.45) is 0.242. The van der Waals surface area contributed by atoms with Crippen LogP contribution in [-0.4, -0.2) is 24.2 Å². The maximum absolute atomic E-state index is 12.4. The summed E-state index contributed by atoms with van der Waals surface area (Å²) in [5, 5.41) is 8.51. The molecule has 0 saturated carbocycles. The first-order valence-corrected chi connectivity index (χ1v) is 8.32. The Morgan fingerprint density at radius 1 is 1.38 bits per heavy atom. The van der Waals surface area contributed by atoms with Crippen LogP contribution in [0.4, 0.5) is 0 Å². The van der Waals surface area contributed by atoms with Crippen LogP contribution >= 0.6 is 11.6 Å². The Labute approximate surface area is 126 Å². The molecule has 0 fully saturated rings. The average molecular weight is 329 g/mol. The van der Waals surface area contributed by atoms with Crippen LogP contribution in [-0.2, 0) is 20.4 Å². The average Bonchev–Trinajstić information content (AvgIpc) is 2.95. The fraction of sp³-hybridized carbons (Fsp3) is 0.385. The lowest BCUT2D eigenvalue weighted by Crippen LogP contribution is -2.23. The number of fused-ring (bicyclic) bond motifs is 1. The van der Waals surface area contributed by atoms with Crippen molar-refractivity contribution >= 4 is 37.5 Å². The minimum absolute atomic E-state index is 0.0330. The van der Waals surface area contributed by atoms with Gasteiger partial charge in [0.15, 0.2) is 10.6 Å². The predicted octanol–water partition coefficient (Wildman–Crippen LogP) is 2.91. The lowest BCUT2D eigenvalue weighted by molar-refractivity contribution is 0.0123. The summed E-state index contributed by atoms with van der Waals surface area (Å²) < 4.78 is 29.9. The Morgan fingerprint density at radius 3 is 2.81 bits per heavy atom. The number of hydrogen-bond acceptors (Lipinski definition) is 6. The zero-order valence-corrected chi connectivity index (χ0v) is 13.0. The Balaban J connectivity index is 1.94. The Kier molecular flexibility index (Phi) is 3.22. The van der Waals surface area contributed by atoms with Crippen LogP contribution < -0.4 is 0 Å². The van der Waals surface area contributed by atoms with Crippen LogP contribution in [0.15, 0.2) is 27.9 Å². The Bertz CT molecular complexity index is 839. The van der Waals surface area contributed by atoms with Gasteiger partial charge in [0.2, 0.25) is 9.84 Å². The van der Waals surface area contributed by atoms with Crippen LogP contribution in [0.5, 0.6) is 0 Å². The molecule has 8 heteroatoms. The molecule has 1 aliphatic rings. The summed E-state index contributed by atoms with van der Waals surface area (Å²) in [5.74, 6) is -0.293. The smallest absolute Gasteiger partial charge is 0.200 e. The molecule has 6 nitrogen and oxygen atoms in total. The highest BCUT2D eigenvalue weighted by atomic mass is 35.5. The summed E-state index contributed by atoms with van der Waals surface area (Å²) in [6, 6.07) is 5.10. The van der Waals surface area contributed by atoms with Crippen LogP contribution in [0.1, 0.15) is 26.0 Å². The number of hydrogen-bond donors (Lipinski definition) is 0. The SMILES string of the molecule is CC1(C)CC(S(=O)(=O)Cc2noc3c(Cl)cccc23)=NO1. The molecule has 0 amide bonds. The van der Waals surface area contributed by atoms with E-state index in [4.69, 9.17) is 21.0 Å². The third kappa shape index (κ3) is 2.63. The van der Waals surface area contributed by atoms with E-state index in [9.17, 15) is 8.42 Å². The van der Waals surface area contributed by atoms with Gasteiger partial charge in [-0.15, -0.1) is 0 Å². The largest absolute Gasteiger partial charge is 0.389 e. The predicted molar refractivity (Wildman–Crippen MR) is 78.9 cm³/mol. The number of oxime groups is 1. The van der Waals surface area contributed by atoms with E-state index in [0.29, 0.717) is 21.7 Å². The molecule has 1 aromatic heterocycles. The molecule has 0 atom stereocenters. The summed E-state index contributed by atoms with van der Waals surface area (Å²) >= 11 is 5.98. The number of para-hydroxylation sites is 1. The molecule has 1 aliphatic heterocycles. The van der Waals surface area contributed by atoms with Gasteiger partial charge in [0.1, 0.15) is 17.0 Å². The number of benzene rings is 1. The van der Waals surface area contributed by atoms with Crippen molar-refractivity contribution in [2.24, 2.45) is 5.16 Å². The van der Waals surface area contributed by atoms with Crippen molar-refractivity contribution in [1.29, 1.82) is 0 Å². The van der Waals surface area contributed by atoms with E-state index in [1.165, 1.54) is 0 Å². The number of sulfone groups is 1. The monoisotopic (exact) mass is 328 g/mol. The zero-order valence-electron chi connectivity index (χ0n) is 11.5. The van der Waals surface area contributed by atoms with Gasteiger partial charge in [-0.1, -0.05) is 28.0 Å². The summed E-state index contributed by atoms with van der Waals surface area (Å²) in [4.78, 5) is 5.11. The van der Waals surface area contributed by atoms with Gasteiger partial charge in [0, 0.05) is 11.8 Å². The van der Waals surface area contributed by atoms with Gasteiger partial charge in [-0.25, -0.2) is 8.42 Å². The van der Waals surface area contributed by atoms with E-state index in [0.717, 1.165) is 0 Å². The highest BCUT2D eigenvalue weighted by Crippen LogP contribution is 2.29. The molecule has 0 N–H and O–H groups in total. The Hall–Kier alpha value is -1.60. The number of nitrogens with zero attached hydrogens (tertiary/aromatic N) is 2. The second-order valence-corrected chi connectivity index (χ2v) is 7.91. The third-order valence-corrected chi connectivity index (χ3v) is 5.07. The molecule has 112 valence electrons. The minimum atomic E-state index is -3.60. The quantitative estimate of drug-likeness (QED) is 0.846. The van der Waals surface area contributed by atoms with Crippen LogP contribution in [0.3, 0.4) is 0 Å². The van der Waals surface area contributed by atoms with Crippen LogP contribution in [0.2, 0.25) is 5.02 Å². The van der Waals surface area contributed by atoms with Gasteiger partial charge in [-0.3, -0.25) is 0 Å². The van der Waals surface area contributed by atoms with Crippen molar-refractivity contribution in [2.75, 3.05) is 0 Å². The molecule has 0 bridgehead atoms. The van der Waals surface area contributed by atoms with E-state index in [1.807, 2.05) is 0 Å². The summed E-state index contributed by atoms with van der Waals surface area (Å²) in [5.41, 5.74) is 0.103. The van der Waals surface area contributed by atoms with Crippen molar-refractivity contribution in [2.45, 2.75) is 31.6 Å². The van der Waals surface area contributed by atoms with Gasteiger partial charge >= 0.3 is 0 Å². The van der Waals surface area contributed by atoms with Gasteiger partial charge in [0.25, 0.3) is 0 Å². The van der Waals surface area contributed by atoms with Crippen molar-refractivity contribution in [3.05, 3.63) is 28.9 Å². The molecule has 0 spiro atoms. The molecular weight excluding hydrogens is 316 g/mol. The van der Waals surface area contributed by atoms with Crippen molar-refractivity contribution in [3.63, 3.8) is 0 Å². The molecule has 1 aromatic carbocycles. The molecular formula is C13H13ClN2O4S. The minimum Gasteiger partial charge on any atom is -0.389 e. The first-order valence-electron chi connectivity index (χ1n) is 6.29. The van der Waals surface area contributed by atoms with Gasteiger partial charge in [-0.05, 0) is 26.0 Å². The highest BCUT2D eigenvalue weighted by molar-refractivity contribution is 8.05. The molecule has 0 aliphatic carbocycles. The molecule has 3 rings (SSSR count). The van der Waals surface area contributed by atoms with E-state index < -0.39 is 15.4 Å². The van der Waals surface area contributed by atoms with Crippen LogP contribution in [0.25, 0.3) is 11.0 Å². The van der Waals surface area contributed by atoms with E-state index in [-0.39, 0.29) is 17.2 Å². The standard InChI is InChI=1S/C13H13ClN2O4S/c1-13(2)6-11(16-20-13)21(17,18)7-10-8-4-3-5-9(14)12(8)19-15-10/h3-5H,6-7H2,1-2H3. The first-order chi connectivity index (χ1) is 9.78. The van der Waals surface area contributed by atoms with E-state index >= 15 is 0 Å². The molecule has 2 aromatic rings. The van der Waals surface area contributed by atoms with Crippen molar-refractivity contribution in [3.8, 4) is 0 Å². The zero-order chi connectivity index (χ0) is 15.3. The topological polar surface area (TPSA) is 81.8 Å². The fourth-order valence-electron chi connectivity index (χ4n) is 2.12.